The Kier molecular flexibility index (Phi) is 9.89. The normalized spacial score (nSPS) is 11.3. The van der Waals surface area contributed by atoms with Crippen molar-refractivity contribution in [2.24, 2.45) is 0 Å². The summed E-state index contributed by atoms with van der Waals surface area (Å²) in [6, 6.07) is 97.0. The van der Waals surface area contributed by atoms with Crippen LogP contribution in [0.1, 0.15) is 0 Å². The first-order valence-corrected chi connectivity index (χ1v) is 22.7. The fourth-order valence-electron chi connectivity index (χ4n) is 10.1. The number of nitrogens with zero attached hydrogens (tertiary/aromatic N) is 2. The van der Waals surface area contributed by atoms with Crippen molar-refractivity contribution in [1.29, 1.82) is 0 Å². The molecule has 0 spiro atoms. The summed E-state index contributed by atoms with van der Waals surface area (Å²) in [6.45, 7) is 0. The van der Waals surface area contributed by atoms with E-state index < -0.39 is 0 Å². The van der Waals surface area contributed by atoms with Crippen molar-refractivity contribution >= 4 is 66.4 Å². The highest BCUT2D eigenvalue weighted by Crippen LogP contribution is 2.52. The van der Waals surface area contributed by atoms with Gasteiger partial charge in [-0.05, 0) is 80.2 Å². The van der Waals surface area contributed by atoms with Crippen LogP contribution in [0.15, 0.2) is 267 Å². The molecule has 0 unspecified atom stereocenters. The lowest BCUT2D eigenvalue weighted by Crippen LogP contribution is -2.14. The van der Waals surface area contributed by atoms with Gasteiger partial charge in [0.05, 0.1) is 34.1 Å². The molecular weight excluding hydrogens is 797 g/mol. The molecule has 0 radical (unpaired) electrons. The molecule has 2 nitrogen and oxygen atoms in total. The topological polar surface area (TPSA) is 6.48 Å². The van der Waals surface area contributed by atoms with Crippen molar-refractivity contribution in [2.75, 3.05) is 9.80 Å². The number of anilines is 6. The van der Waals surface area contributed by atoms with Crippen LogP contribution in [-0.4, -0.2) is 0 Å². The number of rotatable bonds is 10. The van der Waals surface area contributed by atoms with Crippen LogP contribution in [0, 0.1) is 0 Å². The maximum absolute atomic E-state index is 2.50. The number of hydrogen-bond acceptors (Lipinski definition) is 2. The first-order chi connectivity index (χ1) is 32.8. The smallest absolute Gasteiger partial charge is 0.0541 e. The van der Waals surface area contributed by atoms with Crippen LogP contribution in [0.3, 0.4) is 0 Å². The summed E-state index contributed by atoms with van der Waals surface area (Å²) < 4.78 is 0. The summed E-state index contributed by atoms with van der Waals surface area (Å²) in [6.07, 6.45) is 0. The molecule has 2 heteroatoms. The molecular formula is C64H44N2. The highest BCUT2D eigenvalue weighted by atomic mass is 15.2. The third kappa shape index (κ3) is 6.75. The second-order valence-corrected chi connectivity index (χ2v) is 16.8. The van der Waals surface area contributed by atoms with E-state index in [-0.39, 0.29) is 0 Å². The molecule has 0 fully saturated rings. The standard InChI is InChI=1S/C64H44N2/c1-5-21-45(22-6-1)51-29-13-17-33-57(51)65(58-34-18-14-30-52(58)46-23-7-2-8-24-46)61-43-39-49-38-42-56-62(44-40-50-37-41-55(61)63(49)64(50)56)66(59-35-19-15-31-53(59)47-25-9-3-10-26-47)60-36-20-16-32-54(60)48-27-11-4-12-28-48/h1-44H. The Labute approximate surface area is 385 Å². The van der Waals surface area contributed by atoms with Crippen LogP contribution in [0.2, 0.25) is 0 Å². The van der Waals surface area contributed by atoms with Crippen LogP contribution in [0.5, 0.6) is 0 Å². The van der Waals surface area contributed by atoms with Gasteiger partial charge in [-0.3, -0.25) is 0 Å². The van der Waals surface area contributed by atoms with Crippen molar-refractivity contribution < 1.29 is 0 Å². The number of hydrogen-bond donors (Lipinski definition) is 0. The summed E-state index contributed by atoms with van der Waals surface area (Å²) in [4.78, 5) is 4.99. The van der Waals surface area contributed by atoms with Crippen molar-refractivity contribution in [3.8, 4) is 44.5 Å². The number of para-hydroxylation sites is 4. The lowest BCUT2D eigenvalue weighted by Gasteiger charge is -2.32. The van der Waals surface area contributed by atoms with Crippen LogP contribution >= 0.6 is 0 Å². The average molecular weight is 841 g/mol. The minimum Gasteiger partial charge on any atom is -0.309 e. The first-order valence-electron chi connectivity index (χ1n) is 22.7. The van der Waals surface area contributed by atoms with Gasteiger partial charge < -0.3 is 9.80 Å². The minimum atomic E-state index is 1.11. The van der Waals surface area contributed by atoms with Gasteiger partial charge in [-0.25, -0.2) is 0 Å². The van der Waals surface area contributed by atoms with Gasteiger partial charge in [0.25, 0.3) is 0 Å². The van der Waals surface area contributed by atoms with E-state index in [0.717, 1.165) is 34.1 Å². The van der Waals surface area contributed by atoms with Gasteiger partial charge in [-0.15, -0.1) is 0 Å². The van der Waals surface area contributed by atoms with Crippen LogP contribution in [0.4, 0.5) is 34.1 Å². The molecule has 0 saturated carbocycles. The second-order valence-electron chi connectivity index (χ2n) is 16.8. The van der Waals surface area contributed by atoms with Crippen molar-refractivity contribution in [3.63, 3.8) is 0 Å². The van der Waals surface area contributed by atoms with Crippen LogP contribution in [-0.2, 0) is 0 Å². The van der Waals surface area contributed by atoms with E-state index in [1.165, 1.54) is 76.8 Å². The van der Waals surface area contributed by atoms with E-state index in [2.05, 4.69) is 277 Å². The Hall–Kier alpha value is -8.72. The van der Waals surface area contributed by atoms with Gasteiger partial charge in [0.15, 0.2) is 0 Å². The SMILES string of the molecule is c1ccc(-c2ccccc2N(c2ccccc2-c2ccccc2)c2ccc3ccc4c(N(c5ccccc5-c5ccccc5)c5ccccc5-c5ccccc5)ccc5ccc2c3c54)cc1. The third-order valence-corrected chi connectivity index (χ3v) is 13.0. The molecule has 310 valence electrons. The van der Waals surface area contributed by atoms with Gasteiger partial charge >= 0.3 is 0 Å². The predicted molar refractivity (Wildman–Crippen MR) is 281 cm³/mol. The molecule has 12 aromatic carbocycles. The third-order valence-electron chi connectivity index (χ3n) is 13.0. The zero-order valence-electron chi connectivity index (χ0n) is 36.3. The molecule has 0 bridgehead atoms. The Morgan fingerprint density at radius 3 is 0.712 bits per heavy atom. The highest BCUT2D eigenvalue weighted by molar-refractivity contribution is 6.28. The molecule has 0 aliphatic carbocycles. The van der Waals surface area contributed by atoms with Gasteiger partial charge in [-0.2, -0.15) is 0 Å². The number of benzene rings is 12. The van der Waals surface area contributed by atoms with E-state index in [1.807, 2.05) is 0 Å². The van der Waals surface area contributed by atoms with Crippen molar-refractivity contribution in [1.82, 2.24) is 0 Å². The van der Waals surface area contributed by atoms with E-state index in [0.29, 0.717) is 0 Å². The quantitative estimate of drug-likeness (QED) is 0.127. The fourth-order valence-corrected chi connectivity index (χ4v) is 10.1. The highest BCUT2D eigenvalue weighted by Gasteiger charge is 2.26. The van der Waals surface area contributed by atoms with Gasteiger partial charge in [0.2, 0.25) is 0 Å². The Morgan fingerprint density at radius 1 is 0.182 bits per heavy atom. The molecule has 0 N–H and O–H groups in total. The Morgan fingerprint density at radius 2 is 0.424 bits per heavy atom. The molecule has 12 aromatic rings. The molecule has 0 saturated heterocycles. The lowest BCUT2D eigenvalue weighted by atomic mass is 9.90. The summed E-state index contributed by atoms with van der Waals surface area (Å²) in [5.74, 6) is 0. The van der Waals surface area contributed by atoms with E-state index >= 15 is 0 Å². The van der Waals surface area contributed by atoms with Crippen LogP contribution < -0.4 is 9.80 Å². The second kappa shape index (κ2) is 16.8. The molecule has 12 rings (SSSR count). The molecule has 0 aliphatic rings. The zero-order chi connectivity index (χ0) is 43.8. The molecule has 0 atom stereocenters. The van der Waals surface area contributed by atoms with Crippen molar-refractivity contribution in [2.45, 2.75) is 0 Å². The molecule has 66 heavy (non-hydrogen) atoms. The maximum Gasteiger partial charge on any atom is 0.0541 e. The van der Waals surface area contributed by atoms with Gasteiger partial charge in [0, 0.05) is 33.0 Å². The fraction of sp³-hybridized carbons (Fsp3) is 0. The Balaban J connectivity index is 1.14. The average Bonchev–Trinajstić information content (AvgIpc) is 3.40. The molecule has 0 aliphatic heterocycles. The zero-order valence-corrected chi connectivity index (χ0v) is 36.3. The summed E-state index contributed by atoms with van der Waals surface area (Å²) in [5.41, 5.74) is 16.0. The first kappa shape index (κ1) is 38.9. The molecule has 0 heterocycles. The summed E-state index contributed by atoms with van der Waals surface area (Å²) >= 11 is 0. The largest absolute Gasteiger partial charge is 0.309 e. The molecule has 0 aromatic heterocycles. The summed E-state index contributed by atoms with van der Waals surface area (Å²) in [7, 11) is 0. The molecule has 0 amide bonds. The summed E-state index contributed by atoms with van der Waals surface area (Å²) in [5, 5.41) is 7.28. The van der Waals surface area contributed by atoms with Gasteiger partial charge in [-0.1, -0.05) is 231 Å². The van der Waals surface area contributed by atoms with Crippen molar-refractivity contribution in [3.05, 3.63) is 267 Å². The van der Waals surface area contributed by atoms with Gasteiger partial charge in [0.1, 0.15) is 0 Å². The maximum atomic E-state index is 2.50. The Bertz CT molecular complexity index is 3230. The van der Waals surface area contributed by atoms with E-state index in [1.54, 1.807) is 0 Å². The van der Waals surface area contributed by atoms with E-state index in [9.17, 15) is 0 Å². The minimum absolute atomic E-state index is 1.11. The van der Waals surface area contributed by atoms with E-state index in [4.69, 9.17) is 0 Å². The van der Waals surface area contributed by atoms with Crippen LogP contribution in [0.25, 0.3) is 76.8 Å². The monoisotopic (exact) mass is 840 g/mol. The predicted octanol–water partition coefficient (Wildman–Crippen LogP) is 18.2. The lowest BCUT2D eigenvalue weighted by molar-refractivity contribution is 1.30.